The monoisotopic (exact) mass is 280 g/mol. The topological polar surface area (TPSA) is 9.23 Å². The summed E-state index contributed by atoms with van der Waals surface area (Å²) in [5.74, 6) is 0.693. The molecule has 0 N–H and O–H groups in total. The van der Waals surface area contributed by atoms with Crippen molar-refractivity contribution in [2.75, 3.05) is 6.67 Å². The highest BCUT2D eigenvalue weighted by atomic mass is 19.1. The van der Waals surface area contributed by atoms with E-state index in [2.05, 4.69) is 26.8 Å². The summed E-state index contributed by atoms with van der Waals surface area (Å²) in [6.07, 6.45) is 11.3. The fourth-order valence-electron chi connectivity index (χ4n) is 5.04. The van der Waals surface area contributed by atoms with Crippen LogP contribution in [0.25, 0.3) is 0 Å². The number of halogens is 1. The minimum absolute atomic E-state index is 0.00821. The molecule has 0 aromatic rings. The van der Waals surface area contributed by atoms with Crippen molar-refractivity contribution in [3.05, 3.63) is 11.6 Å². The second kappa shape index (κ2) is 4.83. The van der Waals surface area contributed by atoms with E-state index in [-0.39, 0.29) is 17.9 Å². The molecular formula is C18H29FO. The molecule has 2 heteroatoms. The van der Waals surface area contributed by atoms with E-state index < -0.39 is 0 Å². The molecule has 2 aliphatic carbocycles. The summed E-state index contributed by atoms with van der Waals surface area (Å²) in [6.45, 7) is 6.79. The standard InChI is InChI=1S/C18H29FO/c1-16(2)15-9-11-17(3)10-6-8-14(7-4-5-12-19)18(17,13-15)20-16/h8,15H,4-7,9-13H2,1-3H3/t15-,17+,18+/m1/s1. The number of alkyl halides is 1. The number of fused-ring (bicyclic) bond motifs is 1. The van der Waals surface area contributed by atoms with E-state index in [1.807, 2.05) is 0 Å². The van der Waals surface area contributed by atoms with Gasteiger partial charge in [0.1, 0.15) is 0 Å². The van der Waals surface area contributed by atoms with Crippen LogP contribution in [0.3, 0.4) is 0 Å². The van der Waals surface area contributed by atoms with E-state index in [1.165, 1.54) is 37.7 Å². The summed E-state index contributed by atoms with van der Waals surface area (Å²) >= 11 is 0. The SMILES string of the molecule is CC1(C)O[C@]23C[C@H]1CC[C@]2(C)CCC=C3CCCCF. The number of rotatable bonds is 4. The molecule has 1 heterocycles. The highest BCUT2D eigenvalue weighted by molar-refractivity contribution is 5.31. The van der Waals surface area contributed by atoms with Crippen molar-refractivity contribution in [3.63, 3.8) is 0 Å². The molecule has 1 saturated carbocycles. The Labute approximate surface area is 123 Å². The normalized spacial score (nSPS) is 42.2. The van der Waals surface area contributed by atoms with Crippen molar-refractivity contribution in [2.45, 2.75) is 83.3 Å². The maximum atomic E-state index is 12.4. The molecule has 1 nitrogen and oxygen atoms in total. The summed E-state index contributed by atoms with van der Waals surface area (Å²) < 4.78 is 19.2. The first-order valence-corrected chi connectivity index (χ1v) is 8.39. The fraction of sp³-hybridized carbons (Fsp3) is 0.889. The average Bonchev–Trinajstić information content (AvgIpc) is 2.62. The largest absolute Gasteiger partial charge is 0.364 e. The molecule has 3 atom stereocenters. The van der Waals surface area contributed by atoms with Gasteiger partial charge in [0.05, 0.1) is 17.9 Å². The van der Waals surface area contributed by atoms with Gasteiger partial charge in [-0.05, 0) is 76.7 Å². The van der Waals surface area contributed by atoms with Crippen LogP contribution in [0.15, 0.2) is 11.6 Å². The third-order valence-corrected chi connectivity index (χ3v) is 6.41. The van der Waals surface area contributed by atoms with Gasteiger partial charge in [0.25, 0.3) is 0 Å². The van der Waals surface area contributed by atoms with Crippen LogP contribution in [0.1, 0.15) is 72.1 Å². The fourth-order valence-corrected chi connectivity index (χ4v) is 5.04. The predicted octanol–water partition coefficient (Wildman–Crippen LogP) is 5.20. The van der Waals surface area contributed by atoms with Crippen LogP contribution in [0, 0.1) is 11.3 Å². The molecule has 1 saturated heterocycles. The van der Waals surface area contributed by atoms with Gasteiger partial charge >= 0.3 is 0 Å². The van der Waals surface area contributed by atoms with Gasteiger partial charge < -0.3 is 4.74 Å². The Hall–Kier alpha value is -0.370. The number of hydrogen-bond acceptors (Lipinski definition) is 1. The van der Waals surface area contributed by atoms with E-state index in [0.717, 1.165) is 12.8 Å². The summed E-state index contributed by atoms with van der Waals surface area (Å²) in [7, 11) is 0. The van der Waals surface area contributed by atoms with Crippen molar-refractivity contribution >= 4 is 0 Å². The molecular weight excluding hydrogens is 251 g/mol. The van der Waals surface area contributed by atoms with E-state index in [4.69, 9.17) is 4.74 Å². The Bertz CT molecular complexity index is 414. The van der Waals surface area contributed by atoms with Crippen LogP contribution in [-0.2, 0) is 4.74 Å². The van der Waals surface area contributed by atoms with Crippen molar-refractivity contribution in [1.29, 1.82) is 0 Å². The van der Waals surface area contributed by atoms with E-state index in [0.29, 0.717) is 17.8 Å². The zero-order chi connectivity index (χ0) is 14.4. The Morgan fingerprint density at radius 3 is 2.80 bits per heavy atom. The first-order chi connectivity index (χ1) is 9.44. The van der Waals surface area contributed by atoms with Gasteiger partial charge in [-0.2, -0.15) is 0 Å². The van der Waals surface area contributed by atoms with Gasteiger partial charge in [0.15, 0.2) is 0 Å². The lowest BCUT2D eigenvalue weighted by atomic mass is 9.55. The smallest absolute Gasteiger partial charge is 0.0955 e. The van der Waals surface area contributed by atoms with Crippen LogP contribution >= 0.6 is 0 Å². The van der Waals surface area contributed by atoms with Gasteiger partial charge in [-0.3, -0.25) is 4.39 Å². The minimum Gasteiger partial charge on any atom is -0.364 e. The van der Waals surface area contributed by atoms with Gasteiger partial charge in [0, 0.05) is 5.41 Å². The zero-order valence-corrected chi connectivity index (χ0v) is 13.3. The molecule has 0 amide bonds. The second-order valence-corrected chi connectivity index (χ2v) is 7.95. The molecule has 0 radical (unpaired) electrons. The molecule has 114 valence electrons. The summed E-state index contributed by atoms with van der Waals surface area (Å²) in [4.78, 5) is 0. The maximum Gasteiger partial charge on any atom is 0.0955 e. The lowest BCUT2D eigenvalue weighted by molar-refractivity contribution is -0.132. The van der Waals surface area contributed by atoms with Gasteiger partial charge in [-0.15, -0.1) is 0 Å². The minimum atomic E-state index is -0.188. The highest BCUT2D eigenvalue weighted by Gasteiger charge is 2.64. The van der Waals surface area contributed by atoms with Gasteiger partial charge in [0.2, 0.25) is 0 Å². The quantitative estimate of drug-likeness (QED) is 0.508. The van der Waals surface area contributed by atoms with Crippen LogP contribution in [0.5, 0.6) is 0 Å². The Kier molecular flexibility index (Phi) is 3.52. The summed E-state index contributed by atoms with van der Waals surface area (Å²) in [5, 5.41) is 0. The number of ether oxygens (including phenoxy) is 1. The second-order valence-electron chi connectivity index (χ2n) is 7.95. The molecule has 2 bridgehead atoms. The van der Waals surface area contributed by atoms with Gasteiger partial charge in [-0.25, -0.2) is 0 Å². The van der Waals surface area contributed by atoms with Crippen molar-refractivity contribution in [3.8, 4) is 0 Å². The first kappa shape index (κ1) is 14.6. The summed E-state index contributed by atoms with van der Waals surface area (Å²) in [6, 6.07) is 0. The lowest BCUT2D eigenvalue weighted by Crippen LogP contribution is -2.51. The van der Waals surface area contributed by atoms with Crippen LogP contribution < -0.4 is 0 Å². The molecule has 20 heavy (non-hydrogen) atoms. The van der Waals surface area contributed by atoms with E-state index in [9.17, 15) is 4.39 Å². The molecule has 0 aromatic carbocycles. The van der Waals surface area contributed by atoms with Crippen molar-refractivity contribution in [2.24, 2.45) is 11.3 Å². The Morgan fingerprint density at radius 1 is 1.25 bits per heavy atom. The highest BCUT2D eigenvalue weighted by Crippen LogP contribution is 2.65. The van der Waals surface area contributed by atoms with E-state index >= 15 is 0 Å². The van der Waals surface area contributed by atoms with E-state index in [1.54, 1.807) is 0 Å². The zero-order valence-electron chi connectivity index (χ0n) is 13.3. The lowest BCUT2D eigenvalue weighted by Gasteiger charge is -2.52. The molecule has 2 fully saturated rings. The maximum absolute atomic E-state index is 12.4. The molecule has 0 aromatic heterocycles. The summed E-state index contributed by atoms with van der Waals surface area (Å²) in [5.41, 5.74) is 1.77. The number of hydrogen-bond donors (Lipinski definition) is 0. The molecule has 3 rings (SSSR count). The van der Waals surface area contributed by atoms with Crippen LogP contribution in [-0.4, -0.2) is 17.9 Å². The van der Waals surface area contributed by atoms with Crippen LogP contribution in [0.2, 0.25) is 0 Å². The Morgan fingerprint density at radius 2 is 2.05 bits per heavy atom. The molecule has 1 spiro atoms. The first-order valence-electron chi connectivity index (χ1n) is 8.39. The van der Waals surface area contributed by atoms with Crippen molar-refractivity contribution in [1.82, 2.24) is 0 Å². The van der Waals surface area contributed by atoms with Crippen LogP contribution in [0.4, 0.5) is 4.39 Å². The average molecular weight is 280 g/mol. The van der Waals surface area contributed by atoms with Gasteiger partial charge in [-0.1, -0.05) is 13.0 Å². The van der Waals surface area contributed by atoms with Crippen molar-refractivity contribution < 1.29 is 9.13 Å². The third-order valence-electron chi connectivity index (χ3n) is 6.41. The number of allylic oxidation sites excluding steroid dienone is 1. The molecule has 1 aliphatic heterocycles. The Balaban J connectivity index is 1.90. The predicted molar refractivity (Wildman–Crippen MR) is 80.5 cm³/mol. The molecule has 3 aliphatic rings. The third kappa shape index (κ3) is 1.98. The number of unbranched alkanes of at least 4 members (excludes halogenated alkanes) is 1. The molecule has 0 unspecified atom stereocenters.